The highest BCUT2D eigenvalue weighted by atomic mass is 32.3. The first kappa shape index (κ1) is 17.1. The average Bonchev–Trinajstić information content (AvgIpc) is 2.96. The van der Waals surface area contributed by atoms with Crippen LogP contribution in [-0.4, -0.2) is 57.3 Å². The number of hydrogen-bond donors (Lipinski definition) is 2. The van der Waals surface area contributed by atoms with E-state index in [9.17, 15) is 13.2 Å². The molecule has 1 aromatic heterocycles. The highest BCUT2D eigenvalue weighted by molar-refractivity contribution is 7.80. The lowest BCUT2D eigenvalue weighted by Crippen LogP contribution is -2.35. The van der Waals surface area contributed by atoms with Gasteiger partial charge in [0.1, 0.15) is 6.04 Å². The first-order valence-corrected chi connectivity index (χ1v) is 8.78. The Morgan fingerprint density at radius 1 is 1.42 bits per heavy atom. The second kappa shape index (κ2) is 5.65. The van der Waals surface area contributed by atoms with Gasteiger partial charge in [-0.1, -0.05) is 0 Å². The molecule has 134 valence electrons. The third kappa shape index (κ3) is 3.50. The fourth-order valence-electron chi connectivity index (χ4n) is 2.95. The summed E-state index contributed by atoms with van der Waals surface area (Å²) in [5, 5.41) is 8.61. The minimum atomic E-state index is -4.76. The molecule has 0 saturated carbocycles. The topological polar surface area (TPSA) is 152 Å². The third-order valence-electron chi connectivity index (χ3n) is 3.87. The lowest BCUT2D eigenvalue weighted by atomic mass is 10.0. The second-order valence-electron chi connectivity index (χ2n) is 6.71. The van der Waals surface area contributed by atoms with Gasteiger partial charge >= 0.3 is 16.4 Å². The maximum Gasteiger partial charge on any atom is 0.418 e. The SMILES string of the molecule is CC(C)(N)Cc1nnc(C2CCC3CN2C(=O)N3OS(=O)(=O)O)o1. The Morgan fingerprint density at radius 2 is 2.12 bits per heavy atom. The van der Waals surface area contributed by atoms with E-state index in [0.717, 1.165) is 0 Å². The van der Waals surface area contributed by atoms with Crippen molar-refractivity contribution in [1.29, 1.82) is 0 Å². The van der Waals surface area contributed by atoms with Gasteiger partial charge in [-0.15, -0.1) is 14.5 Å². The highest BCUT2D eigenvalue weighted by Gasteiger charge is 2.49. The first-order chi connectivity index (χ1) is 11.0. The molecule has 0 radical (unpaired) electrons. The Morgan fingerprint density at radius 3 is 2.75 bits per heavy atom. The zero-order valence-corrected chi connectivity index (χ0v) is 14.1. The molecular weight excluding hydrogens is 342 g/mol. The molecule has 24 heavy (non-hydrogen) atoms. The van der Waals surface area contributed by atoms with E-state index in [1.54, 1.807) is 0 Å². The molecule has 2 bridgehead atoms. The van der Waals surface area contributed by atoms with E-state index in [1.165, 1.54) is 4.90 Å². The van der Waals surface area contributed by atoms with Crippen molar-refractivity contribution >= 4 is 16.4 Å². The van der Waals surface area contributed by atoms with Crippen LogP contribution in [0.25, 0.3) is 0 Å². The summed E-state index contributed by atoms with van der Waals surface area (Å²) in [6.07, 6.45) is 1.37. The van der Waals surface area contributed by atoms with Crippen molar-refractivity contribution in [2.24, 2.45) is 5.73 Å². The molecule has 3 heterocycles. The Bertz CT molecular complexity index is 741. The van der Waals surface area contributed by atoms with Crippen LogP contribution in [0.1, 0.15) is 44.5 Å². The molecule has 0 aliphatic carbocycles. The Balaban J connectivity index is 1.77. The van der Waals surface area contributed by atoms with Crippen LogP contribution in [0.5, 0.6) is 0 Å². The Hall–Kier alpha value is -1.76. The number of carbonyl (C=O) groups is 1. The summed E-state index contributed by atoms with van der Waals surface area (Å²) < 4.78 is 40.5. The predicted octanol–water partition coefficient (Wildman–Crippen LogP) is 0.0249. The maximum absolute atomic E-state index is 12.3. The van der Waals surface area contributed by atoms with E-state index in [4.69, 9.17) is 14.7 Å². The van der Waals surface area contributed by atoms with Crippen molar-refractivity contribution in [1.82, 2.24) is 20.2 Å². The van der Waals surface area contributed by atoms with Crippen molar-refractivity contribution in [2.45, 2.75) is 50.7 Å². The lowest BCUT2D eigenvalue weighted by molar-refractivity contribution is -0.0317. The van der Waals surface area contributed by atoms with Gasteiger partial charge in [0.05, 0.1) is 6.04 Å². The molecule has 11 nitrogen and oxygen atoms in total. The molecule has 2 amide bonds. The normalized spacial score (nSPS) is 24.8. The summed E-state index contributed by atoms with van der Waals surface area (Å²) in [6.45, 7) is 3.91. The number of urea groups is 1. The molecule has 3 N–H and O–H groups in total. The van der Waals surface area contributed by atoms with Crippen LogP contribution in [0.15, 0.2) is 4.42 Å². The zero-order valence-electron chi connectivity index (χ0n) is 13.2. The predicted molar refractivity (Wildman–Crippen MR) is 78.6 cm³/mol. The number of nitrogens with zero attached hydrogens (tertiary/aromatic N) is 4. The van der Waals surface area contributed by atoms with Gasteiger partial charge in [-0.25, -0.2) is 4.79 Å². The summed E-state index contributed by atoms with van der Waals surface area (Å²) in [4.78, 5) is 13.7. The molecule has 2 atom stereocenters. The molecule has 0 spiro atoms. The Labute approximate surface area is 138 Å². The van der Waals surface area contributed by atoms with Gasteiger partial charge in [0.15, 0.2) is 0 Å². The van der Waals surface area contributed by atoms with Gasteiger partial charge in [0.25, 0.3) is 0 Å². The molecule has 2 aliphatic rings. The number of hydrogen-bond acceptors (Lipinski definition) is 8. The number of aromatic nitrogens is 2. The number of hydroxylamine groups is 2. The van der Waals surface area contributed by atoms with Crippen molar-refractivity contribution < 1.29 is 26.5 Å². The Kier molecular flexibility index (Phi) is 4.02. The van der Waals surface area contributed by atoms with Crippen LogP contribution in [0, 0.1) is 0 Å². The summed E-state index contributed by atoms with van der Waals surface area (Å²) in [6, 6.07) is -1.59. The number of fused-ring (bicyclic) bond motifs is 2. The molecule has 12 heteroatoms. The molecule has 2 unspecified atom stereocenters. The molecule has 3 rings (SSSR count). The number of nitrogens with two attached hydrogens (primary N) is 1. The number of amides is 2. The minimum Gasteiger partial charge on any atom is -0.423 e. The minimum absolute atomic E-state index is 0.249. The molecular formula is C12H19N5O6S. The maximum atomic E-state index is 12.3. The first-order valence-electron chi connectivity index (χ1n) is 7.41. The average molecular weight is 361 g/mol. The summed E-state index contributed by atoms with van der Waals surface area (Å²) in [5.41, 5.74) is 5.41. The lowest BCUT2D eigenvalue weighted by Gasteiger charge is -2.27. The van der Waals surface area contributed by atoms with Crippen LogP contribution in [0.2, 0.25) is 0 Å². The standard InChI is InChI=1S/C12H19N5O6S/c1-12(2,13)5-9-14-15-10(22-9)8-4-3-7-6-16(8)11(18)17(7)23-24(19,20)21/h7-8H,3-6,13H2,1-2H3,(H,19,20,21). The summed E-state index contributed by atoms with van der Waals surface area (Å²) >= 11 is 0. The smallest absolute Gasteiger partial charge is 0.418 e. The van der Waals surface area contributed by atoms with Gasteiger partial charge in [-0.3, -0.25) is 4.55 Å². The fourth-order valence-corrected chi connectivity index (χ4v) is 3.34. The summed E-state index contributed by atoms with van der Waals surface area (Å²) in [5.74, 6) is 0.645. The van der Waals surface area contributed by atoms with Crippen molar-refractivity contribution in [3.05, 3.63) is 11.8 Å². The van der Waals surface area contributed by atoms with Crippen LogP contribution >= 0.6 is 0 Å². The van der Waals surface area contributed by atoms with Gasteiger partial charge in [-0.2, -0.15) is 13.5 Å². The van der Waals surface area contributed by atoms with Gasteiger partial charge in [0, 0.05) is 18.5 Å². The molecule has 0 aromatic carbocycles. The van der Waals surface area contributed by atoms with Crippen molar-refractivity contribution in [2.75, 3.05) is 6.54 Å². The third-order valence-corrected chi connectivity index (χ3v) is 4.22. The van der Waals surface area contributed by atoms with Gasteiger partial charge in [0.2, 0.25) is 11.8 Å². The molecule has 2 aliphatic heterocycles. The van der Waals surface area contributed by atoms with Gasteiger partial charge < -0.3 is 15.1 Å². The van der Waals surface area contributed by atoms with E-state index >= 15 is 0 Å². The van der Waals surface area contributed by atoms with Crippen LogP contribution < -0.4 is 5.73 Å². The van der Waals surface area contributed by atoms with Crippen molar-refractivity contribution in [3.63, 3.8) is 0 Å². The fraction of sp³-hybridized carbons (Fsp3) is 0.750. The highest BCUT2D eigenvalue weighted by Crippen LogP contribution is 2.38. The van der Waals surface area contributed by atoms with Crippen LogP contribution in [-0.2, 0) is 21.1 Å². The van der Waals surface area contributed by atoms with E-state index in [0.29, 0.717) is 30.2 Å². The van der Waals surface area contributed by atoms with Gasteiger partial charge in [-0.05, 0) is 26.7 Å². The van der Waals surface area contributed by atoms with Crippen LogP contribution in [0.4, 0.5) is 4.79 Å². The number of carbonyl (C=O) groups excluding carboxylic acids is 1. The quantitative estimate of drug-likeness (QED) is 0.691. The molecule has 2 saturated heterocycles. The zero-order chi connectivity index (χ0) is 17.7. The van der Waals surface area contributed by atoms with E-state index in [-0.39, 0.29) is 12.4 Å². The number of piperidine rings is 1. The van der Waals surface area contributed by atoms with E-state index in [1.807, 2.05) is 13.8 Å². The second-order valence-corrected chi connectivity index (χ2v) is 7.71. The number of rotatable bonds is 5. The molecule has 1 aromatic rings. The van der Waals surface area contributed by atoms with E-state index < -0.39 is 34.1 Å². The largest absolute Gasteiger partial charge is 0.423 e. The summed E-state index contributed by atoms with van der Waals surface area (Å²) in [7, 11) is -4.76. The van der Waals surface area contributed by atoms with Crippen molar-refractivity contribution in [3.8, 4) is 0 Å². The molecule has 2 fully saturated rings. The monoisotopic (exact) mass is 361 g/mol. The van der Waals surface area contributed by atoms with Crippen LogP contribution in [0.3, 0.4) is 0 Å². The van der Waals surface area contributed by atoms with E-state index in [2.05, 4.69) is 14.5 Å².